The lowest BCUT2D eigenvalue weighted by atomic mass is 10.2. The normalized spacial score (nSPS) is 13.1. The molecule has 3 N–H and O–H groups in total. The van der Waals surface area contributed by atoms with Gasteiger partial charge in [-0.25, -0.2) is 4.98 Å². The molecule has 7 heteroatoms. The van der Waals surface area contributed by atoms with Crippen LogP contribution in [0.15, 0.2) is 46.3 Å². The topological polar surface area (TPSA) is 82.2 Å². The molecule has 0 unspecified atom stereocenters. The fourth-order valence-electron chi connectivity index (χ4n) is 1.87. The fourth-order valence-corrected chi connectivity index (χ4v) is 1.87. The zero-order valence-electron chi connectivity index (χ0n) is 10.6. The summed E-state index contributed by atoms with van der Waals surface area (Å²) in [6.07, 6.45) is 1.46. The molecule has 20 heavy (non-hydrogen) atoms. The molecule has 1 aliphatic rings. The molecule has 2 aromatic rings. The highest BCUT2D eigenvalue weighted by Gasteiger charge is 2.07. The Hall–Kier alpha value is -2.34. The van der Waals surface area contributed by atoms with Crippen LogP contribution in [0.1, 0.15) is 5.56 Å². The number of benzene rings is 1. The third kappa shape index (κ3) is 3.16. The van der Waals surface area contributed by atoms with E-state index in [1.807, 2.05) is 24.3 Å². The van der Waals surface area contributed by atoms with Crippen LogP contribution < -0.4 is 16.2 Å². The number of aromatic amines is 1. The summed E-state index contributed by atoms with van der Waals surface area (Å²) < 4.78 is 0. The summed E-state index contributed by atoms with van der Waals surface area (Å²) in [5.41, 5.74) is 1.73. The number of anilines is 2. The Balaban J connectivity index is 0.00000147. The Bertz CT molecular complexity index is 665. The van der Waals surface area contributed by atoms with Crippen LogP contribution in [0.5, 0.6) is 0 Å². The lowest BCUT2D eigenvalue weighted by Gasteiger charge is -2.06. The number of hydrogen-bond donors (Lipinski definition) is 3. The molecule has 1 aromatic carbocycles. The van der Waals surface area contributed by atoms with Gasteiger partial charge >= 0.3 is 0 Å². The summed E-state index contributed by atoms with van der Waals surface area (Å²) in [5.74, 6) is 1.36. The SMILES string of the molecule is Cl.O=c1ccnc(Nc2ccc(C3=NCCN3)cc2)[nH]1. The Morgan fingerprint density at radius 3 is 2.60 bits per heavy atom. The quantitative estimate of drug-likeness (QED) is 0.796. The summed E-state index contributed by atoms with van der Waals surface area (Å²) >= 11 is 0. The third-order valence-electron chi connectivity index (χ3n) is 2.77. The van der Waals surface area contributed by atoms with Crippen molar-refractivity contribution < 1.29 is 0 Å². The largest absolute Gasteiger partial charge is 0.368 e. The number of halogens is 1. The second kappa shape index (κ2) is 6.21. The van der Waals surface area contributed by atoms with Crippen LogP contribution in [0.2, 0.25) is 0 Å². The lowest BCUT2D eigenvalue weighted by molar-refractivity contribution is 0.960. The van der Waals surface area contributed by atoms with Crippen molar-refractivity contribution >= 4 is 29.9 Å². The molecule has 2 heterocycles. The van der Waals surface area contributed by atoms with E-state index in [1.165, 1.54) is 12.3 Å². The standard InChI is InChI=1S/C13H13N5O.ClH/c19-11-5-6-16-13(18-11)17-10-3-1-9(2-4-10)12-14-7-8-15-12;/h1-6H,7-8H2,(H,14,15)(H2,16,17,18,19);1H. The van der Waals surface area contributed by atoms with E-state index in [4.69, 9.17) is 0 Å². The highest BCUT2D eigenvalue weighted by Crippen LogP contribution is 2.13. The first kappa shape index (κ1) is 14.1. The van der Waals surface area contributed by atoms with E-state index in [2.05, 4.69) is 25.6 Å². The molecule has 0 amide bonds. The van der Waals surface area contributed by atoms with Crippen LogP contribution in [0, 0.1) is 0 Å². The molecule has 0 radical (unpaired) electrons. The fraction of sp³-hybridized carbons (Fsp3) is 0.154. The highest BCUT2D eigenvalue weighted by atomic mass is 35.5. The molecule has 0 fully saturated rings. The first-order valence-electron chi connectivity index (χ1n) is 6.02. The minimum absolute atomic E-state index is 0. The molecule has 1 aromatic heterocycles. The van der Waals surface area contributed by atoms with Crippen molar-refractivity contribution in [2.45, 2.75) is 0 Å². The summed E-state index contributed by atoms with van der Waals surface area (Å²) in [5, 5.41) is 6.25. The van der Waals surface area contributed by atoms with Crippen molar-refractivity contribution in [3.63, 3.8) is 0 Å². The molecule has 0 saturated carbocycles. The first-order valence-corrected chi connectivity index (χ1v) is 6.02. The number of aromatic nitrogens is 2. The zero-order chi connectivity index (χ0) is 13.1. The van der Waals surface area contributed by atoms with Gasteiger partial charge in [-0.1, -0.05) is 0 Å². The van der Waals surface area contributed by atoms with Crippen LogP contribution in [0.25, 0.3) is 0 Å². The molecule has 3 rings (SSSR count). The van der Waals surface area contributed by atoms with Crippen molar-refractivity contribution in [1.29, 1.82) is 0 Å². The minimum Gasteiger partial charge on any atom is -0.368 e. The van der Waals surface area contributed by atoms with E-state index in [0.717, 1.165) is 30.2 Å². The summed E-state index contributed by atoms with van der Waals surface area (Å²) in [6.45, 7) is 1.72. The highest BCUT2D eigenvalue weighted by molar-refractivity contribution is 6.00. The maximum absolute atomic E-state index is 11.1. The number of rotatable bonds is 3. The maximum atomic E-state index is 11.1. The van der Waals surface area contributed by atoms with Gasteiger partial charge in [0.05, 0.1) is 6.54 Å². The molecule has 0 saturated heterocycles. The predicted molar refractivity (Wildman–Crippen MR) is 81.2 cm³/mol. The number of hydrogen-bond acceptors (Lipinski definition) is 5. The number of nitrogens with one attached hydrogen (secondary N) is 3. The molecule has 0 bridgehead atoms. The van der Waals surface area contributed by atoms with E-state index in [0.29, 0.717) is 5.95 Å². The smallest absolute Gasteiger partial charge is 0.252 e. The van der Waals surface area contributed by atoms with E-state index in [-0.39, 0.29) is 18.0 Å². The minimum atomic E-state index is -0.182. The molecule has 0 atom stereocenters. The average molecular weight is 292 g/mol. The number of aliphatic imine (C=N–C) groups is 1. The molecular weight excluding hydrogens is 278 g/mol. The maximum Gasteiger partial charge on any atom is 0.252 e. The molecule has 0 spiro atoms. The van der Waals surface area contributed by atoms with E-state index in [1.54, 1.807) is 0 Å². The van der Waals surface area contributed by atoms with E-state index >= 15 is 0 Å². The average Bonchev–Trinajstić information content (AvgIpc) is 2.94. The molecule has 1 aliphatic heterocycles. The van der Waals surface area contributed by atoms with Gasteiger partial charge in [0.2, 0.25) is 5.95 Å². The first-order chi connectivity index (χ1) is 9.31. The van der Waals surface area contributed by atoms with Crippen LogP contribution in [-0.4, -0.2) is 28.9 Å². The molecular formula is C13H14ClN5O. The molecule has 6 nitrogen and oxygen atoms in total. The molecule has 104 valence electrons. The number of H-pyrrole nitrogens is 1. The van der Waals surface area contributed by atoms with Crippen molar-refractivity contribution in [3.8, 4) is 0 Å². The van der Waals surface area contributed by atoms with Gasteiger partial charge in [-0.2, -0.15) is 0 Å². The van der Waals surface area contributed by atoms with E-state index < -0.39 is 0 Å². The van der Waals surface area contributed by atoms with Gasteiger partial charge < -0.3 is 10.6 Å². The monoisotopic (exact) mass is 291 g/mol. The van der Waals surface area contributed by atoms with Gasteiger partial charge in [0.1, 0.15) is 5.84 Å². The van der Waals surface area contributed by atoms with Crippen LogP contribution in [-0.2, 0) is 0 Å². The molecule has 0 aliphatic carbocycles. The number of nitrogens with zero attached hydrogens (tertiary/aromatic N) is 2. The Kier molecular flexibility index (Phi) is 4.37. The Morgan fingerprint density at radius 2 is 1.95 bits per heavy atom. The second-order valence-corrected chi connectivity index (χ2v) is 4.14. The van der Waals surface area contributed by atoms with Crippen LogP contribution in [0.4, 0.5) is 11.6 Å². The summed E-state index contributed by atoms with van der Waals surface area (Å²) in [6, 6.07) is 9.16. The third-order valence-corrected chi connectivity index (χ3v) is 2.77. The van der Waals surface area contributed by atoms with Gasteiger partial charge in [0.15, 0.2) is 0 Å². The Labute approximate surface area is 121 Å². The summed E-state index contributed by atoms with van der Waals surface area (Å²) in [7, 11) is 0. The lowest BCUT2D eigenvalue weighted by Crippen LogP contribution is -2.19. The van der Waals surface area contributed by atoms with Crippen LogP contribution in [0.3, 0.4) is 0 Å². The van der Waals surface area contributed by atoms with Crippen molar-refractivity contribution in [1.82, 2.24) is 15.3 Å². The number of amidine groups is 1. The van der Waals surface area contributed by atoms with Crippen molar-refractivity contribution in [2.75, 3.05) is 18.4 Å². The van der Waals surface area contributed by atoms with Gasteiger partial charge in [-0.3, -0.25) is 14.8 Å². The Morgan fingerprint density at radius 1 is 1.15 bits per heavy atom. The summed E-state index contributed by atoms with van der Waals surface area (Å²) in [4.78, 5) is 22.1. The van der Waals surface area contributed by atoms with Gasteiger partial charge in [0, 0.05) is 30.1 Å². The zero-order valence-corrected chi connectivity index (χ0v) is 11.4. The predicted octanol–water partition coefficient (Wildman–Crippen LogP) is 1.29. The van der Waals surface area contributed by atoms with Gasteiger partial charge in [0.25, 0.3) is 5.56 Å². The van der Waals surface area contributed by atoms with Crippen molar-refractivity contribution in [3.05, 3.63) is 52.4 Å². The van der Waals surface area contributed by atoms with Crippen LogP contribution >= 0.6 is 12.4 Å². The second-order valence-electron chi connectivity index (χ2n) is 4.14. The van der Waals surface area contributed by atoms with E-state index in [9.17, 15) is 4.79 Å². The van der Waals surface area contributed by atoms with Gasteiger partial charge in [-0.15, -0.1) is 12.4 Å². The van der Waals surface area contributed by atoms with Crippen molar-refractivity contribution in [2.24, 2.45) is 4.99 Å². The van der Waals surface area contributed by atoms with Gasteiger partial charge in [-0.05, 0) is 24.3 Å².